The molecule has 1 aromatic heterocycles. The molecule has 1 rings (SSSR count). The molecule has 0 fully saturated rings. The van der Waals surface area contributed by atoms with Crippen LogP contribution in [0.3, 0.4) is 0 Å². The largest absolute Gasteiger partial charge is 0.382 e. The zero-order valence-electron chi connectivity index (χ0n) is 11.5. The SMILES string of the molecule is CCC(CC)CNc1cnn(C(C)C)c(=O)c1Br. The Morgan fingerprint density at radius 2 is 2.00 bits per heavy atom. The molecule has 0 aliphatic rings. The van der Waals surface area contributed by atoms with Crippen LogP contribution >= 0.6 is 15.9 Å². The van der Waals surface area contributed by atoms with Gasteiger partial charge in [0.2, 0.25) is 0 Å². The van der Waals surface area contributed by atoms with Crippen molar-refractivity contribution in [1.82, 2.24) is 9.78 Å². The highest BCUT2D eigenvalue weighted by Crippen LogP contribution is 2.18. The van der Waals surface area contributed by atoms with E-state index in [9.17, 15) is 4.79 Å². The number of anilines is 1. The predicted molar refractivity (Wildman–Crippen MR) is 79.1 cm³/mol. The van der Waals surface area contributed by atoms with Gasteiger partial charge in [0, 0.05) is 6.54 Å². The van der Waals surface area contributed by atoms with Crippen molar-refractivity contribution in [3.63, 3.8) is 0 Å². The fourth-order valence-electron chi connectivity index (χ4n) is 1.77. The zero-order chi connectivity index (χ0) is 13.7. The van der Waals surface area contributed by atoms with Crippen LogP contribution in [0.25, 0.3) is 0 Å². The van der Waals surface area contributed by atoms with E-state index in [2.05, 4.69) is 40.2 Å². The van der Waals surface area contributed by atoms with Crippen LogP contribution in [0.5, 0.6) is 0 Å². The van der Waals surface area contributed by atoms with Crippen LogP contribution in [0, 0.1) is 5.92 Å². The lowest BCUT2D eigenvalue weighted by atomic mass is 10.0. The molecular weight excluding hydrogens is 294 g/mol. The van der Waals surface area contributed by atoms with Gasteiger partial charge in [-0.3, -0.25) is 4.79 Å². The highest BCUT2D eigenvalue weighted by atomic mass is 79.9. The number of hydrogen-bond donors (Lipinski definition) is 1. The van der Waals surface area contributed by atoms with E-state index in [0.29, 0.717) is 10.4 Å². The van der Waals surface area contributed by atoms with Gasteiger partial charge >= 0.3 is 0 Å². The van der Waals surface area contributed by atoms with Crippen molar-refractivity contribution in [1.29, 1.82) is 0 Å². The molecule has 5 heteroatoms. The Morgan fingerprint density at radius 3 is 2.50 bits per heavy atom. The maximum Gasteiger partial charge on any atom is 0.283 e. The third kappa shape index (κ3) is 3.57. The normalized spacial score (nSPS) is 11.3. The Bertz CT molecular complexity index is 438. The number of rotatable bonds is 6. The van der Waals surface area contributed by atoms with Gasteiger partial charge in [-0.15, -0.1) is 0 Å². The summed E-state index contributed by atoms with van der Waals surface area (Å²) < 4.78 is 2.05. The lowest BCUT2D eigenvalue weighted by molar-refractivity contribution is 0.498. The van der Waals surface area contributed by atoms with Crippen molar-refractivity contribution in [2.24, 2.45) is 5.92 Å². The quantitative estimate of drug-likeness (QED) is 0.874. The van der Waals surface area contributed by atoms with E-state index < -0.39 is 0 Å². The molecular formula is C13H22BrN3O. The lowest BCUT2D eigenvalue weighted by Gasteiger charge is -2.16. The summed E-state index contributed by atoms with van der Waals surface area (Å²) >= 11 is 3.36. The molecule has 0 spiro atoms. The van der Waals surface area contributed by atoms with E-state index in [0.717, 1.165) is 25.1 Å². The van der Waals surface area contributed by atoms with E-state index in [-0.39, 0.29) is 11.6 Å². The molecule has 0 saturated carbocycles. The zero-order valence-corrected chi connectivity index (χ0v) is 13.1. The van der Waals surface area contributed by atoms with Gasteiger partial charge in [-0.25, -0.2) is 4.68 Å². The highest BCUT2D eigenvalue weighted by molar-refractivity contribution is 9.10. The Kier molecular flexibility index (Phi) is 5.85. The molecule has 0 bridgehead atoms. The van der Waals surface area contributed by atoms with E-state index in [1.165, 1.54) is 4.68 Å². The number of nitrogens with one attached hydrogen (secondary N) is 1. The Morgan fingerprint density at radius 1 is 1.39 bits per heavy atom. The minimum absolute atomic E-state index is 0.0712. The smallest absolute Gasteiger partial charge is 0.283 e. The Labute approximate surface area is 117 Å². The van der Waals surface area contributed by atoms with E-state index in [1.54, 1.807) is 6.20 Å². The van der Waals surface area contributed by atoms with Gasteiger partial charge < -0.3 is 5.32 Å². The molecule has 0 aliphatic carbocycles. The van der Waals surface area contributed by atoms with Crippen molar-refractivity contribution in [2.75, 3.05) is 11.9 Å². The molecule has 0 aromatic carbocycles. The number of aromatic nitrogens is 2. The summed E-state index contributed by atoms with van der Waals surface area (Å²) in [5.74, 6) is 0.629. The number of hydrogen-bond acceptors (Lipinski definition) is 3. The van der Waals surface area contributed by atoms with Gasteiger partial charge in [-0.1, -0.05) is 26.7 Å². The van der Waals surface area contributed by atoms with E-state index >= 15 is 0 Å². The predicted octanol–water partition coefficient (Wildman–Crippen LogP) is 3.43. The van der Waals surface area contributed by atoms with Crippen molar-refractivity contribution in [3.05, 3.63) is 21.0 Å². The standard InChI is InChI=1S/C13H22BrN3O/c1-5-10(6-2)7-15-11-8-16-17(9(3)4)13(18)12(11)14/h8-10,15H,5-7H2,1-4H3. The lowest BCUT2D eigenvalue weighted by Crippen LogP contribution is -2.26. The van der Waals surface area contributed by atoms with Crippen LogP contribution in [0.15, 0.2) is 15.5 Å². The second-order valence-corrected chi connectivity index (χ2v) is 5.57. The minimum atomic E-state index is -0.0838. The first-order chi connectivity index (χ1) is 8.51. The summed E-state index contributed by atoms with van der Waals surface area (Å²) in [5.41, 5.74) is 0.698. The third-order valence-electron chi connectivity index (χ3n) is 3.17. The van der Waals surface area contributed by atoms with Gasteiger partial charge in [0.15, 0.2) is 0 Å². The summed E-state index contributed by atoms with van der Waals surface area (Å²) in [4.78, 5) is 12.0. The van der Waals surface area contributed by atoms with Crippen LogP contribution in [0.4, 0.5) is 5.69 Å². The van der Waals surface area contributed by atoms with Crippen molar-refractivity contribution in [2.45, 2.75) is 46.6 Å². The fourth-order valence-corrected chi connectivity index (χ4v) is 2.19. The Hall–Kier alpha value is -0.840. The van der Waals surface area contributed by atoms with Crippen LogP contribution in [-0.2, 0) is 0 Å². The third-order valence-corrected chi connectivity index (χ3v) is 3.93. The molecule has 0 atom stereocenters. The summed E-state index contributed by atoms with van der Waals surface area (Å²) in [7, 11) is 0. The number of halogens is 1. The summed E-state index contributed by atoms with van der Waals surface area (Å²) in [6.45, 7) is 9.12. The van der Waals surface area contributed by atoms with Crippen LogP contribution in [-0.4, -0.2) is 16.3 Å². The second-order valence-electron chi connectivity index (χ2n) is 4.78. The van der Waals surface area contributed by atoms with Gasteiger partial charge in [0.05, 0.1) is 17.9 Å². The van der Waals surface area contributed by atoms with Crippen LogP contribution < -0.4 is 10.9 Å². The fraction of sp³-hybridized carbons (Fsp3) is 0.692. The molecule has 1 aromatic rings. The molecule has 0 saturated heterocycles. The van der Waals surface area contributed by atoms with E-state index in [1.807, 2.05) is 13.8 Å². The van der Waals surface area contributed by atoms with Gasteiger partial charge in [0.25, 0.3) is 5.56 Å². The molecule has 102 valence electrons. The van der Waals surface area contributed by atoms with Gasteiger partial charge in [0.1, 0.15) is 4.47 Å². The van der Waals surface area contributed by atoms with Crippen molar-refractivity contribution in [3.8, 4) is 0 Å². The van der Waals surface area contributed by atoms with Crippen LogP contribution in [0.1, 0.15) is 46.6 Å². The summed E-state index contributed by atoms with van der Waals surface area (Å²) in [5, 5.41) is 7.48. The van der Waals surface area contributed by atoms with Crippen molar-refractivity contribution >= 4 is 21.6 Å². The summed E-state index contributed by atoms with van der Waals surface area (Å²) in [6.07, 6.45) is 3.99. The molecule has 4 nitrogen and oxygen atoms in total. The minimum Gasteiger partial charge on any atom is -0.382 e. The van der Waals surface area contributed by atoms with Gasteiger partial charge in [-0.2, -0.15) is 5.10 Å². The molecule has 0 aliphatic heterocycles. The first-order valence-electron chi connectivity index (χ1n) is 6.52. The molecule has 0 radical (unpaired) electrons. The molecule has 0 unspecified atom stereocenters. The Balaban J connectivity index is 2.86. The molecule has 1 heterocycles. The van der Waals surface area contributed by atoms with E-state index in [4.69, 9.17) is 0 Å². The topological polar surface area (TPSA) is 46.9 Å². The molecule has 18 heavy (non-hydrogen) atoms. The first-order valence-corrected chi connectivity index (χ1v) is 7.31. The molecule has 0 amide bonds. The maximum absolute atomic E-state index is 12.0. The average Bonchev–Trinajstić information content (AvgIpc) is 2.35. The highest BCUT2D eigenvalue weighted by Gasteiger charge is 2.11. The maximum atomic E-state index is 12.0. The second kappa shape index (κ2) is 6.92. The molecule has 1 N–H and O–H groups in total. The van der Waals surface area contributed by atoms with Crippen molar-refractivity contribution < 1.29 is 0 Å². The summed E-state index contributed by atoms with van der Waals surface area (Å²) in [6, 6.07) is 0.0712. The average molecular weight is 316 g/mol. The first kappa shape index (κ1) is 15.2. The number of nitrogens with zero attached hydrogens (tertiary/aromatic N) is 2. The monoisotopic (exact) mass is 315 g/mol. The van der Waals surface area contributed by atoms with Gasteiger partial charge in [-0.05, 0) is 35.7 Å². The van der Waals surface area contributed by atoms with Crippen LogP contribution in [0.2, 0.25) is 0 Å².